The van der Waals surface area contributed by atoms with Gasteiger partial charge in [0.05, 0.1) is 11.0 Å². The summed E-state index contributed by atoms with van der Waals surface area (Å²) in [6.07, 6.45) is 1.59. The van der Waals surface area contributed by atoms with E-state index in [9.17, 15) is 5.11 Å². The second-order valence-corrected chi connectivity index (χ2v) is 4.10. The lowest BCUT2D eigenvalue weighted by molar-refractivity contribution is 0.474. The highest BCUT2D eigenvalue weighted by molar-refractivity contribution is 5.98. The maximum atomic E-state index is 9.76. The number of nitrogen functional groups attached to an aromatic ring is 1. The Morgan fingerprint density at radius 2 is 2.16 bits per heavy atom. The number of hydrogen-bond acceptors (Lipinski definition) is 4. The number of aromatic hydroxyl groups is 1. The third kappa shape index (κ3) is 1.89. The lowest BCUT2D eigenvalue weighted by Gasteiger charge is -1.97. The monoisotopic (exact) mass is 253 g/mol. The summed E-state index contributed by atoms with van der Waals surface area (Å²) in [7, 11) is 0. The van der Waals surface area contributed by atoms with Crippen LogP contribution in [0.5, 0.6) is 5.75 Å². The lowest BCUT2D eigenvalue weighted by atomic mass is 10.2. The van der Waals surface area contributed by atoms with Crippen LogP contribution in [-0.2, 0) is 0 Å². The fourth-order valence-corrected chi connectivity index (χ4v) is 1.87. The summed E-state index contributed by atoms with van der Waals surface area (Å²) in [5, 5.41) is 17.2. The van der Waals surface area contributed by atoms with Crippen molar-refractivity contribution in [1.29, 1.82) is 5.41 Å². The minimum Gasteiger partial charge on any atom is -0.506 e. The molecule has 6 nitrogen and oxygen atoms in total. The molecule has 5 N–H and O–H groups in total. The molecule has 0 unspecified atom stereocenters. The van der Waals surface area contributed by atoms with Gasteiger partial charge in [0.25, 0.3) is 0 Å². The number of nitrogens with zero attached hydrogens (tertiary/aromatic N) is 2. The van der Waals surface area contributed by atoms with Crippen molar-refractivity contribution in [3.8, 4) is 17.3 Å². The van der Waals surface area contributed by atoms with Crippen molar-refractivity contribution < 1.29 is 5.11 Å². The first-order valence-corrected chi connectivity index (χ1v) is 5.63. The molecule has 3 rings (SSSR count). The predicted octanol–water partition coefficient (Wildman–Crippen LogP) is 1.61. The molecule has 0 atom stereocenters. The van der Waals surface area contributed by atoms with E-state index in [1.165, 1.54) is 0 Å². The van der Waals surface area contributed by atoms with Gasteiger partial charge in [-0.15, -0.1) is 0 Å². The van der Waals surface area contributed by atoms with Crippen molar-refractivity contribution in [3.05, 3.63) is 42.1 Å². The SMILES string of the molecule is N=C(N)c1ccc2nc(-c3ncccc3O)[nH]c2c1. The van der Waals surface area contributed by atoms with Crippen LogP contribution in [0.15, 0.2) is 36.5 Å². The normalized spacial score (nSPS) is 10.7. The van der Waals surface area contributed by atoms with E-state index in [1.54, 1.807) is 36.5 Å². The number of fused-ring (bicyclic) bond motifs is 1. The molecule has 2 heterocycles. The molecule has 0 amide bonds. The zero-order valence-corrected chi connectivity index (χ0v) is 9.88. The van der Waals surface area contributed by atoms with Gasteiger partial charge in [0.1, 0.15) is 17.3 Å². The number of pyridine rings is 1. The Bertz CT molecular complexity index is 778. The van der Waals surface area contributed by atoms with Crippen molar-refractivity contribution in [2.45, 2.75) is 0 Å². The van der Waals surface area contributed by atoms with Crippen LogP contribution in [0, 0.1) is 5.41 Å². The van der Waals surface area contributed by atoms with Gasteiger partial charge in [0.15, 0.2) is 5.82 Å². The maximum Gasteiger partial charge on any atom is 0.161 e. The van der Waals surface area contributed by atoms with Gasteiger partial charge in [-0.25, -0.2) is 9.97 Å². The Hall–Kier alpha value is -2.89. The summed E-state index contributed by atoms with van der Waals surface area (Å²) >= 11 is 0. The smallest absolute Gasteiger partial charge is 0.161 e. The summed E-state index contributed by atoms with van der Waals surface area (Å²) in [5.41, 5.74) is 7.92. The molecule has 3 aromatic rings. The van der Waals surface area contributed by atoms with Gasteiger partial charge in [-0.3, -0.25) is 5.41 Å². The zero-order chi connectivity index (χ0) is 13.4. The molecule has 94 valence electrons. The van der Waals surface area contributed by atoms with Crippen LogP contribution >= 0.6 is 0 Å². The number of imidazole rings is 1. The van der Waals surface area contributed by atoms with Gasteiger partial charge in [0, 0.05) is 11.8 Å². The minimum atomic E-state index is -0.00117. The Morgan fingerprint density at radius 3 is 2.89 bits per heavy atom. The molecular weight excluding hydrogens is 242 g/mol. The van der Waals surface area contributed by atoms with Crippen molar-refractivity contribution >= 4 is 16.9 Å². The number of rotatable bonds is 2. The van der Waals surface area contributed by atoms with Gasteiger partial charge in [-0.05, 0) is 30.3 Å². The van der Waals surface area contributed by atoms with Gasteiger partial charge < -0.3 is 15.8 Å². The summed E-state index contributed by atoms with van der Waals surface area (Å²) in [6.45, 7) is 0. The fraction of sp³-hybridized carbons (Fsp3) is 0. The van der Waals surface area contributed by atoms with E-state index in [0.29, 0.717) is 17.1 Å². The highest BCUT2D eigenvalue weighted by Gasteiger charge is 2.11. The Kier molecular flexibility index (Phi) is 2.42. The molecule has 2 aromatic heterocycles. The first-order chi connectivity index (χ1) is 9.15. The molecule has 0 bridgehead atoms. The number of nitrogens with two attached hydrogens (primary N) is 1. The van der Waals surface area contributed by atoms with E-state index in [-0.39, 0.29) is 11.6 Å². The number of aromatic nitrogens is 3. The Morgan fingerprint density at radius 1 is 1.32 bits per heavy atom. The molecule has 0 radical (unpaired) electrons. The van der Waals surface area contributed by atoms with Gasteiger partial charge in [-0.2, -0.15) is 0 Å². The third-order valence-electron chi connectivity index (χ3n) is 2.80. The van der Waals surface area contributed by atoms with E-state index < -0.39 is 0 Å². The predicted molar refractivity (Wildman–Crippen MR) is 72.0 cm³/mol. The molecule has 0 aliphatic rings. The van der Waals surface area contributed by atoms with Crippen LogP contribution in [0.25, 0.3) is 22.6 Å². The summed E-state index contributed by atoms with van der Waals surface area (Å²) in [6, 6.07) is 8.44. The maximum absolute atomic E-state index is 9.76. The highest BCUT2D eigenvalue weighted by Crippen LogP contribution is 2.26. The quantitative estimate of drug-likeness (QED) is 0.410. The molecule has 0 saturated heterocycles. The number of benzene rings is 1. The molecule has 19 heavy (non-hydrogen) atoms. The second-order valence-electron chi connectivity index (χ2n) is 4.10. The van der Waals surface area contributed by atoms with E-state index in [2.05, 4.69) is 15.0 Å². The summed E-state index contributed by atoms with van der Waals surface area (Å²) < 4.78 is 0. The van der Waals surface area contributed by atoms with Gasteiger partial charge in [0.2, 0.25) is 0 Å². The van der Waals surface area contributed by atoms with Crippen LogP contribution in [0.2, 0.25) is 0 Å². The summed E-state index contributed by atoms with van der Waals surface area (Å²) in [5.74, 6) is 0.542. The molecule has 0 aliphatic carbocycles. The number of hydrogen-bond donors (Lipinski definition) is 4. The first-order valence-electron chi connectivity index (χ1n) is 5.63. The molecule has 1 aromatic carbocycles. The molecule has 0 spiro atoms. The zero-order valence-electron chi connectivity index (χ0n) is 9.88. The summed E-state index contributed by atoms with van der Waals surface area (Å²) in [4.78, 5) is 11.5. The van der Waals surface area contributed by atoms with Crippen LogP contribution in [0.4, 0.5) is 0 Å². The number of nitrogens with one attached hydrogen (secondary N) is 2. The van der Waals surface area contributed by atoms with Crippen LogP contribution in [0.3, 0.4) is 0 Å². The van der Waals surface area contributed by atoms with Crippen LogP contribution in [0.1, 0.15) is 5.56 Å². The molecule has 0 fully saturated rings. The molecule has 0 aliphatic heterocycles. The average Bonchev–Trinajstić information content (AvgIpc) is 2.81. The Labute approximate surface area is 108 Å². The number of amidine groups is 1. The molecule has 0 saturated carbocycles. The van der Waals surface area contributed by atoms with Crippen molar-refractivity contribution in [3.63, 3.8) is 0 Å². The topological polar surface area (TPSA) is 112 Å². The van der Waals surface area contributed by atoms with Crippen LogP contribution < -0.4 is 5.73 Å². The number of H-pyrrole nitrogens is 1. The number of aromatic amines is 1. The first kappa shape index (κ1) is 11.2. The van der Waals surface area contributed by atoms with Crippen molar-refractivity contribution in [1.82, 2.24) is 15.0 Å². The largest absolute Gasteiger partial charge is 0.506 e. The Balaban J connectivity index is 2.17. The lowest BCUT2D eigenvalue weighted by Crippen LogP contribution is -2.10. The average molecular weight is 253 g/mol. The standard InChI is InChI=1S/C13H11N5O/c14-12(15)7-3-4-8-9(6-7)18-13(17-8)11-10(19)2-1-5-16-11/h1-6,19H,(H3,14,15)(H,17,18). The van der Waals surface area contributed by atoms with E-state index >= 15 is 0 Å². The van der Waals surface area contributed by atoms with Crippen LogP contribution in [-0.4, -0.2) is 25.9 Å². The van der Waals surface area contributed by atoms with E-state index in [0.717, 1.165) is 11.0 Å². The fourth-order valence-electron chi connectivity index (χ4n) is 1.87. The second kappa shape index (κ2) is 4.09. The minimum absolute atomic E-state index is 0.00117. The highest BCUT2D eigenvalue weighted by atomic mass is 16.3. The van der Waals surface area contributed by atoms with Gasteiger partial charge >= 0.3 is 0 Å². The van der Waals surface area contributed by atoms with E-state index in [4.69, 9.17) is 11.1 Å². The van der Waals surface area contributed by atoms with Crippen molar-refractivity contribution in [2.75, 3.05) is 0 Å². The molecular formula is C13H11N5O. The van der Waals surface area contributed by atoms with Gasteiger partial charge in [-0.1, -0.05) is 0 Å². The van der Waals surface area contributed by atoms with Crippen molar-refractivity contribution in [2.24, 2.45) is 5.73 Å². The molecule has 6 heteroatoms. The third-order valence-corrected chi connectivity index (χ3v) is 2.80. The van der Waals surface area contributed by atoms with E-state index in [1.807, 2.05) is 0 Å².